The maximum absolute atomic E-state index is 11.6. The first-order valence-electron chi connectivity index (χ1n) is 10.2. The van der Waals surface area contributed by atoms with Gasteiger partial charge in [-0.3, -0.25) is 4.79 Å². The SMILES string of the molecule is CCCCC/C=C\C/C=C\CCCCCCCC(=O)NCC(C)C. The molecule has 0 rings (SSSR count). The highest BCUT2D eigenvalue weighted by molar-refractivity contribution is 5.75. The molecule has 0 fully saturated rings. The van der Waals surface area contributed by atoms with Gasteiger partial charge in [0, 0.05) is 13.0 Å². The third-order valence-corrected chi connectivity index (χ3v) is 4.06. The Hall–Kier alpha value is -1.05. The lowest BCUT2D eigenvalue weighted by Crippen LogP contribution is -2.26. The van der Waals surface area contributed by atoms with Gasteiger partial charge in [0.2, 0.25) is 5.91 Å². The number of carbonyl (C=O) groups is 1. The van der Waals surface area contributed by atoms with Crippen LogP contribution in [0.3, 0.4) is 0 Å². The Kier molecular flexibility index (Phi) is 17.5. The summed E-state index contributed by atoms with van der Waals surface area (Å²) < 4.78 is 0. The van der Waals surface area contributed by atoms with E-state index in [4.69, 9.17) is 0 Å². The van der Waals surface area contributed by atoms with Gasteiger partial charge in [0.15, 0.2) is 0 Å². The molecule has 1 amide bonds. The van der Waals surface area contributed by atoms with Gasteiger partial charge in [0.1, 0.15) is 0 Å². The van der Waals surface area contributed by atoms with E-state index in [0.29, 0.717) is 12.3 Å². The molecule has 0 spiro atoms. The molecule has 0 radical (unpaired) electrons. The molecule has 140 valence electrons. The first-order chi connectivity index (χ1) is 11.7. The van der Waals surface area contributed by atoms with E-state index >= 15 is 0 Å². The van der Waals surface area contributed by atoms with Crippen molar-refractivity contribution in [1.82, 2.24) is 5.32 Å². The normalized spacial score (nSPS) is 11.8. The molecule has 0 aliphatic rings. The number of rotatable bonds is 16. The summed E-state index contributed by atoms with van der Waals surface area (Å²) in [5.41, 5.74) is 0. The first kappa shape index (κ1) is 22.9. The highest BCUT2D eigenvalue weighted by Crippen LogP contribution is 2.08. The van der Waals surface area contributed by atoms with Crippen LogP contribution in [-0.4, -0.2) is 12.5 Å². The second kappa shape index (κ2) is 18.3. The molecule has 0 aromatic rings. The molecule has 0 bridgehead atoms. The molecule has 0 aromatic heterocycles. The molecule has 1 N–H and O–H groups in total. The van der Waals surface area contributed by atoms with E-state index in [1.54, 1.807) is 0 Å². The fourth-order valence-corrected chi connectivity index (χ4v) is 2.50. The van der Waals surface area contributed by atoms with Crippen molar-refractivity contribution in [3.8, 4) is 0 Å². The van der Waals surface area contributed by atoms with E-state index in [0.717, 1.165) is 19.4 Å². The summed E-state index contributed by atoms with van der Waals surface area (Å²) in [6.45, 7) is 7.30. The van der Waals surface area contributed by atoms with Crippen molar-refractivity contribution in [2.45, 2.75) is 97.8 Å². The summed E-state index contributed by atoms with van der Waals surface area (Å²) in [4.78, 5) is 11.6. The second-order valence-electron chi connectivity index (χ2n) is 7.18. The third-order valence-electron chi connectivity index (χ3n) is 4.06. The zero-order valence-corrected chi connectivity index (χ0v) is 16.5. The lowest BCUT2D eigenvalue weighted by atomic mass is 10.1. The predicted molar refractivity (Wildman–Crippen MR) is 107 cm³/mol. The highest BCUT2D eigenvalue weighted by atomic mass is 16.1. The van der Waals surface area contributed by atoms with Gasteiger partial charge in [-0.1, -0.05) is 77.2 Å². The van der Waals surface area contributed by atoms with E-state index in [2.05, 4.69) is 50.4 Å². The van der Waals surface area contributed by atoms with E-state index in [1.165, 1.54) is 57.8 Å². The molecular formula is C22H41NO. The number of hydrogen-bond donors (Lipinski definition) is 1. The molecule has 0 aliphatic heterocycles. The zero-order valence-electron chi connectivity index (χ0n) is 16.5. The summed E-state index contributed by atoms with van der Waals surface area (Å²) in [5, 5.41) is 2.98. The van der Waals surface area contributed by atoms with Crippen molar-refractivity contribution in [2.24, 2.45) is 5.92 Å². The van der Waals surface area contributed by atoms with Gasteiger partial charge in [0.05, 0.1) is 0 Å². The molecule has 24 heavy (non-hydrogen) atoms. The van der Waals surface area contributed by atoms with Gasteiger partial charge < -0.3 is 5.32 Å². The molecule has 2 nitrogen and oxygen atoms in total. The van der Waals surface area contributed by atoms with Crippen LogP contribution in [0.5, 0.6) is 0 Å². The Bertz CT molecular complexity index is 331. The summed E-state index contributed by atoms with van der Waals surface area (Å²) >= 11 is 0. The molecule has 0 saturated carbocycles. The largest absolute Gasteiger partial charge is 0.356 e. The second-order valence-corrected chi connectivity index (χ2v) is 7.18. The van der Waals surface area contributed by atoms with Crippen molar-refractivity contribution >= 4 is 5.91 Å². The van der Waals surface area contributed by atoms with Crippen molar-refractivity contribution < 1.29 is 4.79 Å². The van der Waals surface area contributed by atoms with Gasteiger partial charge in [-0.2, -0.15) is 0 Å². The van der Waals surface area contributed by atoms with E-state index < -0.39 is 0 Å². The van der Waals surface area contributed by atoms with Gasteiger partial charge in [0.25, 0.3) is 0 Å². The number of allylic oxidation sites excluding steroid dienone is 4. The minimum Gasteiger partial charge on any atom is -0.356 e. The number of amides is 1. The molecule has 0 atom stereocenters. The van der Waals surface area contributed by atoms with Crippen LogP contribution in [0.4, 0.5) is 0 Å². The van der Waals surface area contributed by atoms with Crippen LogP contribution in [0.2, 0.25) is 0 Å². The highest BCUT2D eigenvalue weighted by Gasteiger charge is 2.01. The van der Waals surface area contributed by atoms with E-state index in [1.807, 2.05) is 0 Å². The maximum Gasteiger partial charge on any atom is 0.220 e. The number of hydrogen-bond acceptors (Lipinski definition) is 1. The average molecular weight is 336 g/mol. The lowest BCUT2D eigenvalue weighted by Gasteiger charge is -2.07. The van der Waals surface area contributed by atoms with Gasteiger partial charge >= 0.3 is 0 Å². The Morgan fingerprint density at radius 2 is 1.42 bits per heavy atom. The van der Waals surface area contributed by atoms with Crippen molar-refractivity contribution in [3.05, 3.63) is 24.3 Å². The van der Waals surface area contributed by atoms with Crippen molar-refractivity contribution in [2.75, 3.05) is 6.54 Å². The molecule has 0 saturated heterocycles. The number of carbonyl (C=O) groups excluding carboxylic acids is 1. The van der Waals surface area contributed by atoms with Crippen LogP contribution in [0.25, 0.3) is 0 Å². The number of nitrogens with one attached hydrogen (secondary N) is 1. The Balaban J connectivity index is 3.27. The molecular weight excluding hydrogens is 294 g/mol. The summed E-state index contributed by atoms with van der Waals surface area (Å²) in [6.07, 6.45) is 23.4. The van der Waals surface area contributed by atoms with Crippen molar-refractivity contribution in [1.29, 1.82) is 0 Å². The Labute approximate surface area is 151 Å². The van der Waals surface area contributed by atoms with Crippen LogP contribution in [-0.2, 0) is 4.79 Å². The summed E-state index contributed by atoms with van der Waals surface area (Å²) in [6, 6.07) is 0. The molecule has 0 aliphatic carbocycles. The minimum absolute atomic E-state index is 0.217. The number of unbranched alkanes of at least 4 members (excludes halogenated alkanes) is 8. The minimum atomic E-state index is 0.217. The van der Waals surface area contributed by atoms with Crippen LogP contribution in [0.1, 0.15) is 97.8 Å². The third kappa shape index (κ3) is 19.0. The average Bonchev–Trinajstić information content (AvgIpc) is 2.56. The smallest absolute Gasteiger partial charge is 0.220 e. The fraction of sp³-hybridized carbons (Fsp3) is 0.773. The quantitative estimate of drug-likeness (QED) is 0.251. The molecule has 0 aromatic carbocycles. The van der Waals surface area contributed by atoms with Crippen LogP contribution >= 0.6 is 0 Å². The Morgan fingerprint density at radius 3 is 2.04 bits per heavy atom. The molecule has 0 unspecified atom stereocenters. The van der Waals surface area contributed by atoms with Gasteiger partial charge in [-0.25, -0.2) is 0 Å². The molecule has 0 heterocycles. The Morgan fingerprint density at radius 1 is 0.833 bits per heavy atom. The monoisotopic (exact) mass is 335 g/mol. The lowest BCUT2D eigenvalue weighted by molar-refractivity contribution is -0.121. The molecule has 2 heteroatoms. The zero-order chi connectivity index (χ0) is 17.9. The van der Waals surface area contributed by atoms with Crippen LogP contribution < -0.4 is 5.32 Å². The topological polar surface area (TPSA) is 29.1 Å². The van der Waals surface area contributed by atoms with Gasteiger partial charge in [-0.15, -0.1) is 0 Å². The fourth-order valence-electron chi connectivity index (χ4n) is 2.50. The van der Waals surface area contributed by atoms with E-state index in [9.17, 15) is 4.79 Å². The predicted octanol–water partition coefficient (Wildman–Crippen LogP) is 6.57. The van der Waals surface area contributed by atoms with Gasteiger partial charge in [-0.05, 0) is 44.4 Å². The standard InChI is InChI=1S/C22H41NO/c1-4-5-6-7-8-9-10-11-12-13-14-15-16-17-18-19-22(24)23-20-21(2)3/h8-9,11-12,21H,4-7,10,13-20H2,1-3H3,(H,23,24)/b9-8-,12-11-. The van der Waals surface area contributed by atoms with Crippen LogP contribution in [0.15, 0.2) is 24.3 Å². The maximum atomic E-state index is 11.6. The van der Waals surface area contributed by atoms with Crippen LogP contribution in [0, 0.1) is 5.92 Å². The van der Waals surface area contributed by atoms with Crippen molar-refractivity contribution in [3.63, 3.8) is 0 Å². The summed E-state index contributed by atoms with van der Waals surface area (Å²) in [5.74, 6) is 0.757. The first-order valence-corrected chi connectivity index (χ1v) is 10.2. The summed E-state index contributed by atoms with van der Waals surface area (Å²) in [7, 11) is 0. The van der Waals surface area contributed by atoms with E-state index in [-0.39, 0.29) is 5.91 Å².